The number of hydrogen-bond acceptors (Lipinski definition) is 5. The largest absolute Gasteiger partial charge is 0.491 e. The molecule has 0 unspecified atom stereocenters. The van der Waals surface area contributed by atoms with E-state index in [4.69, 9.17) is 4.74 Å². The number of benzene rings is 2. The van der Waals surface area contributed by atoms with Crippen LogP contribution >= 0.6 is 0 Å². The highest BCUT2D eigenvalue weighted by Gasteiger charge is 2.19. The molecular weight excluding hydrogens is 342 g/mol. The molecule has 3 rings (SSSR count). The van der Waals surface area contributed by atoms with Crippen molar-refractivity contribution < 1.29 is 14.6 Å². The van der Waals surface area contributed by atoms with Gasteiger partial charge in [-0.25, -0.2) is 0 Å². The fourth-order valence-corrected chi connectivity index (χ4v) is 3.21. The number of aliphatic hydroxyl groups excluding tert-OH is 1. The number of piperazine rings is 1. The summed E-state index contributed by atoms with van der Waals surface area (Å²) >= 11 is 0. The van der Waals surface area contributed by atoms with Crippen molar-refractivity contribution in [2.75, 3.05) is 49.5 Å². The molecule has 0 radical (unpaired) electrons. The molecule has 0 saturated carbocycles. The van der Waals surface area contributed by atoms with Crippen LogP contribution in [0.5, 0.6) is 5.75 Å². The first-order valence-corrected chi connectivity index (χ1v) is 9.31. The third-order valence-corrected chi connectivity index (χ3v) is 4.58. The summed E-state index contributed by atoms with van der Waals surface area (Å²) in [6, 6.07) is 17.6. The van der Waals surface area contributed by atoms with Crippen LogP contribution in [0.25, 0.3) is 0 Å². The lowest BCUT2D eigenvalue weighted by molar-refractivity contribution is -0.114. The highest BCUT2D eigenvalue weighted by Crippen LogP contribution is 2.17. The fraction of sp³-hybridized carbons (Fsp3) is 0.381. The molecule has 0 spiro atoms. The maximum absolute atomic E-state index is 11.0. The zero-order valence-electron chi connectivity index (χ0n) is 15.7. The molecule has 144 valence electrons. The molecule has 1 fully saturated rings. The minimum absolute atomic E-state index is 0.105. The molecule has 1 heterocycles. The Bertz CT molecular complexity index is 713. The lowest BCUT2D eigenvalue weighted by atomic mass is 10.2. The molecule has 0 aromatic heterocycles. The van der Waals surface area contributed by atoms with E-state index >= 15 is 0 Å². The molecule has 1 atom stereocenters. The van der Waals surface area contributed by atoms with Crippen LogP contribution < -0.4 is 15.0 Å². The SMILES string of the molecule is CC(=O)Nc1ccc(OC[C@H](O)CN2CCN(c3ccccc3)CC2)cc1. The number of amides is 1. The summed E-state index contributed by atoms with van der Waals surface area (Å²) in [5, 5.41) is 13.0. The molecule has 6 nitrogen and oxygen atoms in total. The number of nitrogens with one attached hydrogen (secondary N) is 1. The van der Waals surface area contributed by atoms with Gasteiger partial charge in [0, 0.05) is 51.0 Å². The Morgan fingerprint density at radius 2 is 1.74 bits per heavy atom. The Morgan fingerprint density at radius 3 is 2.37 bits per heavy atom. The summed E-state index contributed by atoms with van der Waals surface area (Å²) in [5.41, 5.74) is 1.98. The van der Waals surface area contributed by atoms with Gasteiger partial charge in [0.15, 0.2) is 0 Å². The van der Waals surface area contributed by atoms with Crippen molar-refractivity contribution in [2.45, 2.75) is 13.0 Å². The van der Waals surface area contributed by atoms with Gasteiger partial charge in [0.25, 0.3) is 0 Å². The molecule has 2 N–H and O–H groups in total. The molecule has 6 heteroatoms. The van der Waals surface area contributed by atoms with Gasteiger partial charge >= 0.3 is 0 Å². The van der Waals surface area contributed by atoms with Crippen molar-refractivity contribution in [1.29, 1.82) is 0 Å². The van der Waals surface area contributed by atoms with Gasteiger partial charge in [0.2, 0.25) is 5.91 Å². The molecule has 1 amide bonds. The van der Waals surface area contributed by atoms with Crippen LogP contribution in [0, 0.1) is 0 Å². The molecule has 1 aliphatic heterocycles. The number of hydrogen-bond donors (Lipinski definition) is 2. The minimum atomic E-state index is -0.539. The van der Waals surface area contributed by atoms with Crippen molar-refractivity contribution in [2.24, 2.45) is 0 Å². The van der Waals surface area contributed by atoms with E-state index in [9.17, 15) is 9.90 Å². The van der Waals surface area contributed by atoms with Crippen LogP contribution in [0.3, 0.4) is 0 Å². The fourth-order valence-electron chi connectivity index (χ4n) is 3.21. The average Bonchev–Trinajstić information content (AvgIpc) is 2.68. The second kappa shape index (κ2) is 9.39. The summed E-state index contributed by atoms with van der Waals surface area (Å²) in [4.78, 5) is 15.7. The van der Waals surface area contributed by atoms with Gasteiger partial charge in [-0.1, -0.05) is 18.2 Å². The Morgan fingerprint density at radius 1 is 1.07 bits per heavy atom. The maximum Gasteiger partial charge on any atom is 0.221 e. The van der Waals surface area contributed by atoms with E-state index in [2.05, 4.69) is 39.4 Å². The van der Waals surface area contributed by atoms with E-state index < -0.39 is 6.10 Å². The van der Waals surface area contributed by atoms with E-state index in [0.717, 1.165) is 31.9 Å². The highest BCUT2D eigenvalue weighted by atomic mass is 16.5. The quantitative estimate of drug-likeness (QED) is 0.783. The lowest BCUT2D eigenvalue weighted by Gasteiger charge is -2.36. The van der Waals surface area contributed by atoms with E-state index in [1.54, 1.807) is 24.3 Å². The van der Waals surface area contributed by atoms with Gasteiger partial charge in [-0.2, -0.15) is 0 Å². The topological polar surface area (TPSA) is 65.0 Å². The number of β-amino-alcohol motifs (C(OH)–C–C–N with tert-alkyl or cyclic N) is 1. The summed E-state index contributed by atoms with van der Waals surface area (Å²) in [6.07, 6.45) is -0.539. The molecule has 1 saturated heterocycles. The number of para-hydroxylation sites is 1. The number of carbonyl (C=O) groups excluding carboxylic acids is 1. The Labute approximate surface area is 160 Å². The first kappa shape index (κ1) is 19.2. The van der Waals surface area contributed by atoms with Gasteiger partial charge in [0.05, 0.1) is 0 Å². The van der Waals surface area contributed by atoms with Crippen LogP contribution in [0.15, 0.2) is 54.6 Å². The van der Waals surface area contributed by atoms with E-state index in [1.807, 2.05) is 6.07 Å². The second-order valence-electron chi connectivity index (χ2n) is 6.79. The minimum Gasteiger partial charge on any atom is -0.491 e. The number of anilines is 2. The Hall–Kier alpha value is -2.57. The van der Waals surface area contributed by atoms with Crippen molar-refractivity contribution in [3.63, 3.8) is 0 Å². The molecule has 1 aliphatic rings. The number of nitrogens with zero attached hydrogens (tertiary/aromatic N) is 2. The summed E-state index contributed by atoms with van der Waals surface area (Å²) in [7, 11) is 0. The predicted octanol–water partition coefficient (Wildman–Crippen LogP) is 2.21. The third-order valence-electron chi connectivity index (χ3n) is 4.58. The van der Waals surface area contributed by atoms with Crippen LogP contribution in [0.1, 0.15) is 6.92 Å². The highest BCUT2D eigenvalue weighted by molar-refractivity contribution is 5.88. The van der Waals surface area contributed by atoms with Gasteiger partial charge in [-0.3, -0.25) is 9.69 Å². The van der Waals surface area contributed by atoms with Gasteiger partial charge < -0.3 is 20.1 Å². The molecule has 2 aromatic carbocycles. The van der Waals surface area contributed by atoms with E-state index in [1.165, 1.54) is 12.6 Å². The molecule has 0 aliphatic carbocycles. The third kappa shape index (κ3) is 5.98. The van der Waals surface area contributed by atoms with E-state index in [0.29, 0.717) is 12.3 Å². The smallest absolute Gasteiger partial charge is 0.221 e. The standard InChI is InChI=1S/C21H27N3O3/c1-17(25)22-18-7-9-21(10-8-18)27-16-20(26)15-23-11-13-24(14-12-23)19-5-3-2-4-6-19/h2-10,20,26H,11-16H2,1H3,(H,22,25)/t20-/m1/s1. The normalized spacial score (nSPS) is 16.0. The number of ether oxygens (including phenoxy) is 1. The van der Waals surface area contributed by atoms with Crippen molar-refractivity contribution in [3.8, 4) is 5.75 Å². The Balaban J connectivity index is 1.38. The molecular formula is C21H27N3O3. The first-order chi connectivity index (χ1) is 13.1. The predicted molar refractivity (Wildman–Crippen MR) is 107 cm³/mol. The lowest BCUT2D eigenvalue weighted by Crippen LogP contribution is -2.49. The summed E-state index contributed by atoms with van der Waals surface area (Å²) < 4.78 is 5.66. The van der Waals surface area contributed by atoms with Gasteiger partial charge in [0.1, 0.15) is 18.5 Å². The van der Waals surface area contributed by atoms with Crippen molar-refractivity contribution in [3.05, 3.63) is 54.6 Å². The molecule has 2 aromatic rings. The zero-order valence-corrected chi connectivity index (χ0v) is 15.7. The average molecular weight is 369 g/mol. The van der Waals surface area contributed by atoms with Crippen LogP contribution in [0.2, 0.25) is 0 Å². The monoisotopic (exact) mass is 369 g/mol. The summed E-state index contributed by atoms with van der Waals surface area (Å²) in [6.45, 7) is 6.10. The van der Waals surface area contributed by atoms with Crippen LogP contribution in [0.4, 0.5) is 11.4 Å². The number of aliphatic hydroxyl groups is 1. The molecule has 27 heavy (non-hydrogen) atoms. The zero-order chi connectivity index (χ0) is 19.1. The van der Waals surface area contributed by atoms with Crippen LogP contribution in [-0.2, 0) is 4.79 Å². The Kier molecular flexibility index (Phi) is 6.68. The summed E-state index contributed by atoms with van der Waals surface area (Å²) in [5.74, 6) is 0.573. The van der Waals surface area contributed by atoms with Crippen molar-refractivity contribution in [1.82, 2.24) is 4.90 Å². The number of rotatable bonds is 7. The molecule has 0 bridgehead atoms. The van der Waals surface area contributed by atoms with E-state index in [-0.39, 0.29) is 12.5 Å². The maximum atomic E-state index is 11.0. The number of carbonyl (C=O) groups is 1. The van der Waals surface area contributed by atoms with Gasteiger partial charge in [-0.15, -0.1) is 0 Å². The second-order valence-corrected chi connectivity index (χ2v) is 6.79. The van der Waals surface area contributed by atoms with Crippen LogP contribution in [-0.4, -0.2) is 61.3 Å². The van der Waals surface area contributed by atoms with Crippen molar-refractivity contribution >= 4 is 17.3 Å². The van der Waals surface area contributed by atoms with Gasteiger partial charge in [-0.05, 0) is 36.4 Å². The first-order valence-electron chi connectivity index (χ1n) is 9.31.